The first-order valence-electron chi connectivity index (χ1n) is 5.14. The smallest absolute Gasteiger partial charge is 0.135 e. The quantitative estimate of drug-likeness (QED) is 0.661. The van der Waals surface area contributed by atoms with Gasteiger partial charge in [-0.3, -0.25) is 5.41 Å². The Kier molecular flexibility index (Phi) is 3.89. The van der Waals surface area contributed by atoms with E-state index in [1.54, 1.807) is 24.3 Å². The Morgan fingerprint density at radius 3 is 2.61 bits per heavy atom. The SMILES string of the molecule is N=C(N)c1c(F)cccc1Sc1cccc(Cl)c1. The van der Waals surface area contributed by atoms with Gasteiger partial charge in [-0.25, -0.2) is 4.39 Å². The summed E-state index contributed by atoms with van der Waals surface area (Å²) in [5.41, 5.74) is 5.53. The highest BCUT2D eigenvalue weighted by molar-refractivity contribution is 7.99. The van der Waals surface area contributed by atoms with Gasteiger partial charge >= 0.3 is 0 Å². The summed E-state index contributed by atoms with van der Waals surface area (Å²) in [5, 5.41) is 8.04. The largest absolute Gasteiger partial charge is 0.384 e. The van der Waals surface area contributed by atoms with Gasteiger partial charge in [0.05, 0.1) is 5.56 Å². The van der Waals surface area contributed by atoms with Crippen molar-refractivity contribution in [2.24, 2.45) is 5.73 Å². The summed E-state index contributed by atoms with van der Waals surface area (Å²) in [6.07, 6.45) is 0. The normalized spacial score (nSPS) is 10.3. The highest BCUT2D eigenvalue weighted by atomic mass is 35.5. The number of amidine groups is 1. The Morgan fingerprint density at radius 1 is 1.22 bits per heavy atom. The van der Waals surface area contributed by atoms with Gasteiger partial charge in [0.1, 0.15) is 11.7 Å². The average molecular weight is 281 g/mol. The second-order valence-corrected chi connectivity index (χ2v) is 5.14. The van der Waals surface area contributed by atoms with Gasteiger partial charge in [0.15, 0.2) is 0 Å². The van der Waals surface area contributed by atoms with E-state index in [0.717, 1.165) is 4.90 Å². The molecule has 0 aliphatic carbocycles. The maximum atomic E-state index is 13.6. The van der Waals surface area contributed by atoms with E-state index in [4.69, 9.17) is 22.7 Å². The monoisotopic (exact) mass is 280 g/mol. The topological polar surface area (TPSA) is 49.9 Å². The van der Waals surface area contributed by atoms with Crippen LogP contribution in [0, 0.1) is 11.2 Å². The molecule has 0 heterocycles. The molecule has 0 atom stereocenters. The van der Waals surface area contributed by atoms with Crippen molar-refractivity contribution in [1.82, 2.24) is 0 Å². The molecule has 0 aliphatic rings. The van der Waals surface area contributed by atoms with Gasteiger partial charge in [-0.2, -0.15) is 0 Å². The second kappa shape index (κ2) is 5.42. The number of hydrogen-bond donors (Lipinski definition) is 2. The van der Waals surface area contributed by atoms with Crippen LogP contribution in [0.25, 0.3) is 0 Å². The number of rotatable bonds is 3. The van der Waals surface area contributed by atoms with Crippen LogP contribution >= 0.6 is 23.4 Å². The van der Waals surface area contributed by atoms with Gasteiger partial charge < -0.3 is 5.73 Å². The fraction of sp³-hybridized carbons (Fsp3) is 0. The van der Waals surface area contributed by atoms with Crippen molar-refractivity contribution in [3.63, 3.8) is 0 Å². The van der Waals surface area contributed by atoms with Gasteiger partial charge in [-0.15, -0.1) is 0 Å². The molecule has 0 saturated heterocycles. The fourth-order valence-corrected chi connectivity index (χ4v) is 2.81. The van der Waals surface area contributed by atoms with Crippen LogP contribution in [0.2, 0.25) is 5.02 Å². The molecule has 0 aromatic heterocycles. The van der Waals surface area contributed by atoms with Gasteiger partial charge in [0.2, 0.25) is 0 Å². The number of nitrogens with one attached hydrogen (secondary N) is 1. The zero-order valence-electron chi connectivity index (χ0n) is 9.28. The third-order valence-corrected chi connectivity index (χ3v) is 3.55. The molecule has 3 N–H and O–H groups in total. The van der Waals surface area contributed by atoms with E-state index in [-0.39, 0.29) is 11.4 Å². The minimum Gasteiger partial charge on any atom is -0.384 e. The molecule has 18 heavy (non-hydrogen) atoms. The van der Waals surface area contributed by atoms with E-state index < -0.39 is 5.82 Å². The van der Waals surface area contributed by atoms with Crippen LogP contribution in [0.1, 0.15) is 5.56 Å². The highest BCUT2D eigenvalue weighted by Gasteiger charge is 2.12. The molecule has 0 aliphatic heterocycles. The number of nitrogens with two attached hydrogens (primary N) is 1. The van der Waals surface area contributed by atoms with Crippen LogP contribution in [0.15, 0.2) is 52.3 Å². The van der Waals surface area contributed by atoms with Gasteiger partial charge in [0.25, 0.3) is 0 Å². The molecule has 92 valence electrons. The van der Waals surface area contributed by atoms with E-state index in [2.05, 4.69) is 0 Å². The van der Waals surface area contributed by atoms with Crippen molar-refractivity contribution in [3.05, 3.63) is 58.9 Å². The molecule has 0 radical (unpaired) electrons. The summed E-state index contributed by atoms with van der Waals surface area (Å²) in [5.74, 6) is -0.771. The average Bonchev–Trinajstić information content (AvgIpc) is 2.28. The lowest BCUT2D eigenvalue weighted by Gasteiger charge is -2.08. The molecule has 2 nitrogen and oxygen atoms in total. The fourth-order valence-electron chi connectivity index (χ4n) is 1.51. The van der Waals surface area contributed by atoms with Crippen LogP contribution in [-0.4, -0.2) is 5.84 Å². The predicted molar refractivity (Wildman–Crippen MR) is 73.0 cm³/mol. The minimum absolute atomic E-state index is 0.127. The van der Waals surface area contributed by atoms with Crippen molar-refractivity contribution in [3.8, 4) is 0 Å². The van der Waals surface area contributed by atoms with Gasteiger partial charge in [0, 0.05) is 14.8 Å². The van der Waals surface area contributed by atoms with E-state index in [1.165, 1.54) is 17.8 Å². The molecule has 5 heteroatoms. The van der Waals surface area contributed by atoms with E-state index in [0.29, 0.717) is 9.92 Å². The Hall–Kier alpha value is -1.52. The maximum Gasteiger partial charge on any atom is 0.135 e. The van der Waals surface area contributed by atoms with Crippen molar-refractivity contribution in [2.75, 3.05) is 0 Å². The summed E-state index contributed by atoms with van der Waals surface area (Å²) in [6.45, 7) is 0. The third kappa shape index (κ3) is 2.83. The first kappa shape index (κ1) is 12.9. The Balaban J connectivity index is 2.40. The number of hydrogen-bond acceptors (Lipinski definition) is 2. The van der Waals surface area contributed by atoms with Crippen molar-refractivity contribution in [2.45, 2.75) is 9.79 Å². The van der Waals surface area contributed by atoms with Crippen molar-refractivity contribution >= 4 is 29.2 Å². The zero-order chi connectivity index (χ0) is 13.1. The summed E-state index contributed by atoms with van der Waals surface area (Å²) in [7, 11) is 0. The van der Waals surface area contributed by atoms with E-state index in [9.17, 15) is 4.39 Å². The molecule has 2 aromatic carbocycles. The minimum atomic E-state index is -0.491. The number of benzene rings is 2. The van der Waals surface area contributed by atoms with Crippen LogP contribution in [-0.2, 0) is 0 Å². The number of halogens is 2. The molecule has 2 aromatic rings. The second-order valence-electron chi connectivity index (χ2n) is 3.59. The molecular formula is C13H10ClFN2S. The number of nitrogen functional groups attached to an aromatic ring is 1. The first-order valence-corrected chi connectivity index (χ1v) is 6.33. The molecule has 0 bridgehead atoms. The predicted octanol–water partition coefficient (Wildman–Crippen LogP) is 3.91. The first-order chi connectivity index (χ1) is 8.58. The van der Waals surface area contributed by atoms with Crippen LogP contribution in [0.4, 0.5) is 4.39 Å². The van der Waals surface area contributed by atoms with Crippen LogP contribution in [0.5, 0.6) is 0 Å². The van der Waals surface area contributed by atoms with Crippen molar-refractivity contribution in [1.29, 1.82) is 5.41 Å². The van der Waals surface area contributed by atoms with Crippen LogP contribution in [0.3, 0.4) is 0 Å². The molecule has 0 amide bonds. The lowest BCUT2D eigenvalue weighted by molar-refractivity contribution is 0.621. The summed E-state index contributed by atoms with van der Waals surface area (Å²) in [6, 6.07) is 11.8. The molecule has 0 unspecified atom stereocenters. The molecule has 2 rings (SSSR count). The Bertz CT molecular complexity index is 601. The standard InChI is InChI=1S/C13H10ClFN2S/c14-8-3-1-4-9(7-8)18-11-6-2-5-10(15)12(11)13(16)17/h1-7H,(H3,16,17). The summed E-state index contributed by atoms with van der Waals surface area (Å²) >= 11 is 7.22. The summed E-state index contributed by atoms with van der Waals surface area (Å²) < 4.78 is 13.6. The lowest BCUT2D eigenvalue weighted by Crippen LogP contribution is -2.14. The summed E-state index contributed by atoms with van der Waals surface area (Å²) in [4.78, 5) is 1.47. The highest BCUT2D eigenvalue weighted by Crippen LogP contribution is 2.32. The molecule has 0 saturated carbocycles. The molecule has 0 fully saturated rings. The van der Waals surface area contributed by atoms with Crippen LogP contribution < -0.4 is 5.73 Å². The maximum absolute atomic E-state index is 13.6. The lowest BCUT2D eigenvalue weighted by atomic mass is 10.2. The molecular weight excluding hydrogens is 271 g/mol. The Labute approximate surface area is 113 Å². The molecule has 0 spiro atoms. The third-order valence-electron chi connectivity index (χ3n) is 2.27. The zero-order valence-corrected chi connectivity index (χ0v) is 10.9. The van der Waals surface area contributed by atoms with E-state index in [1.807, 2.05) is 12.1 Å². The van der Waals surface area contributed by atoms with E-state index >= 15 is 0 Å². The Morgan fingerprint density at radius 2 is 1.94 bits per heavy atom. The van der Waals surface area contributed by atoms with Crippen molar-refractivity contribution < 1.29 is 4.39 Å². The van der Waals surface area contributed by atoms with Gasteiger partial charge in [-0.05, 0) is 30.3 Å². The van der Waals surface area contributed by atoms with Gasteiger partial charge in [-0.1, -0.05) is 35.5 Å².